The van der Waals surface area contributed by atoms with Gasteiger partial charge in [-0.05, 0) is 42.0 Å². The summed E-state index contributed by atoms with van der Waals surface area (Å²) >= 11 is 0. The summed E-state index contributed by atoms with van der Waals surface area (Å²) in [5.74, 6) is 1.58. The van der Waals surface area contributed by atoms with Crippen LogP contribution in [0.5, 0.6) is 5.75 Å². The van der Waals surface area contributed by atoms with Gasteiger partial charge >= 0.3 is 0 Å². The van der Waals surface area contributed by atoms with E-state index < -0.39 is 0 Å². The predicted molar refractivity (Wildman–Crippen MR) is 82.3 cm³/mol. The van der Waals surface area contributed by atoms with Crippen molar-refractivity contribution in [2.24, 2.45) is 0 Å². The zero-order valence-electron chi connectivity index (χ0n) is 11.9. The molecule has 2 atom stereocenters. The van der Waals surface area contributed by atoms with Crippen molar-refractivity contribution in [2.75, 3.05) is 13.7 Å². The Morgan fingerprint density at radius 3 is 2.50 bits per heavy atom. The highest BCUT2D eigenvalue weighted by molar-refractivity contribution is 5.28. The molecule has 0 aliphatic carbocycles. The van der Waals surface area contributed by atoms with Gasteiger partial charge in [-0.15, -0.1) is 0 Å². The van der Waals surface area contributed by atoms with Gasteiger partial charge < -0.3 is 10.1 Å². The average molecular weight is 267 g/mol. The summed E-state index contributed by atoms with van der Waals surface area (Å²) in [5.41, 5.74) is 2.83. The van der Waals surface area contributed by atoms with Gasteiger partial charge in [0.2, 0.25) is 0 Å². The van der Waals surface area contributed by atoms with Gasteiger partial charge in [-0.2, -0.15) is 0 Å². The molecule has 2 aromatic rings. The quantitative estimate of drug-likeness (QED) is 0.917. The fourth-order valence-electron chi connectivity index (χ4n) is 3.00. The maximum atomic E-state index is 5.20. The van der Waals surface area contributed by atoms with Gasteiger partial charge in [0, 0.05) is 12.6 Å². The summed E-state index contributed by atoms with van der Waals surface area (Å²) in [7, 11) is 1.71. The van der Waals surface area contributed by atoms with E-state index in [1.807, 2.05) is 12.1 Å². The molecule has 1 aliphatic rings. The first-order valence-electron chi connectivity index (χ1n) is 7.26. The van der Waals surface area contributed by atoms with Crippen molar-refractivity contribution >= 4 is 0 Å². The number of nitrogens with one attached hydrogen (secondary N) is 1. The monoisotopic (exact) mass is 267 g/mol. The zero-order chi connectivity index (χ0) is 13.8. The lowest BCUT2D eigenvalue weighted by atomic mass is 9.94. The SMILES string of the molecule is COc1ccc(CC2CC(c3ccccc3)CN2)cc1. The average Bonchev–Trinajstić information content (AvgIpc) is 2.97. The minimum absolute atomic E-state index is 0.577. The number of methoxy groups -OCH3 is 1. The maximum Gasteiger partial charge on any atom is 0.118 e. The Labute approximate surface area is 120 Å². The molecule has 1 saturated heterocycles. The van der Waals surface area contributed by atoms with Crippen LogP contribution in [0.4, 0.5) is 0 Å². The number of ether oxygens (including phenoxy) is 1. The van der Waals surface area contributed by atoms with E-state index in [1.54, 1.807) is 7.11 Å². The van der Waals surface area contributed by atoms with Gasteiger partial charge in [0.15, 0.2) is 0 Å². The largest absolute Gasteiger partial charge is 0.497 e. The smallest absolute Gasteiger partial charge is 0.118 e. The van der Waals surface area contributed by atoms with Gasteiger partial charge in [-0.25, -0.2) is 0 Å². The molecule has 20 heavy (non-hydrogen) atoms. The van der Waals surface area contributed by atoms with Crippen molar-refractivity contribution < 1.29 is 4.74 Å². The highest BCUT2D eigenvalue weighted by atomic mass is 16.5. The first-order valence-corrected chi connectivity index (χ1v) is 7.26. The van der Waals surface area contributed by atoms with Gasteiger partial charge in [-0.3, -0.25) is 0 Å². The van der Waals surface area contributed by atoms with Gasteiger partial charge in [0.05, 0.1) is 7.11 Å². The molecule has 0 saturated carbocycles. The van der Waals surface area contributed by atoms with Crippen molar-refractivity contribution in [3.63, 3.8) is 0 Å². The third-order valence-corrected chi connectivity index (χ3v) is 4.13. The molecule has 1 aliphatic heterocycles. The fourth-order valence-corrected chi connectivity index (χ4v) is 3.00. The standard InChI is InChI=1S/C18H21NO/c1-20-18-9-7-14(8-10-18)11-17-12-16(13-19-17)15-5-3-2-4-6-15/h2-10,16-17,19H,11-13H2,1H3. The molecule has 2 aromatic carbocycles. The third kappa shape index (κ3) is 3.02. The van der Waals surface area contributed by atoms with E-state index in [0.717, 1.165) is 18.7 Å². The molecule has 0 radical (unpaired) electrons. The van der Waals surface area contributed by atoms with Crippen LogP contribution in [0.1, 0.15) is 23.5 Å². The summed E-state index contributed by atoms with van der Waals surface area (Å²) < 4.78 is 5.20. The summed E-state index contributed by atoms with van der Waals surface area (Å²) in [5, 5.41) is 3.65. The molecule has 2 unspecified atom stereocenters. The Balaban J connectivity index is 1.60. The van der Waals surface area contributed by atoms with E-state index >= 15 is 0 Å². The number of benzene rings is 2. The third-order valence-electron chi connectivity index (χ3n) is 4.13. The minimum atomic E-state index is 0.577. The van der Waals surface area contributed by atoms with Gasteiger partial charge in [0.25, 0.3) is 0 Å². The molecule has 1 fully saturated rings. The Morgan fingerprint density at radius 1 is 1.05 bits per heavy atom. The molecule has 0 amide bonds. The lowest BCUT2D eigenvalue weighted by Crippen LogP contribution is -2.23. The summed E-state index contributed by atoms with van der Waals surface area (Å²) in [6, 6.07) is 19.8. The van der Waals surface area contributed by atoms with Crippen molar-refractivity contribution in [1.29, 1.82) is 0 Å². The van der Waals surface area contributed by atoms with Crippen molar-refractivity contribution in [3.8, 4) is 5.75 Å². The van der Waals surface area contributed by atoms with Crippen LogP contribution >= 0.6 is 0 Å². The van der Waals surface area contributed by atoms with Crippen LogP contribution in [0.3, 0.4) is 0 Å². The molecule has 104 valence electrons. The van der Waals surface area contributed by atoms with E-state index in [4.69, 9.17) is 4.74 Å². The highest BCUT2D eigenvalue weighted by Gasteiger charge is 2.25. The molecule has 0 aromatic heterocycles. The maximum absolute atomic E-state index is 5.20. The molecule has 2 nitrogen and oxygen atoms in total. The van der Waals surface area contributed by atoms with Crippen LogP contribution in [-0.2, 0) is 6.42 Å². The van der Waals surface area contributed by atoms with E-state index in [9.17, 15) is 0 Å². The topological polar surface area (TPSA) is 21.3 Å². The second-order valence-electron chi connectivity index (χ2n) is 5.50. The molecule has 1 N–H and O–H groups in total. The molecular weight excluding hydrogens is 246 g/mol. The van der Waals surface area contributed by atoms with Crippen LogP contribution in [0, 0.1) is 0 Å². The van der Waals surface area contributed by atoms with Crippen LogP contribution in [0.2, 0.25) is 0 Å². The van der Waals surface area contributed by atoms with Crippen LogP contribution < -0.4 is 10.1 Å². The lowest BCUT2D eigenvalue weighted by Gasteiger charge is -2.11. The van der Waals surface area contributed by atoms with Crippen LogP contribution in [-0.4, -0.2) is 19.7 Å². The highest BCUT2D eigenvalue weighted by Crippen LogP contribution is 2.27. The molecule has 0 bridgehead atoms. The predicted octanol–water partition coefficient (Wildman–Crippen LogP) is 3.38. The molecule has 1 heterocycles. The molecule has 0 spiro atoms. The van der Waals surface area contributed by atoms with Crippen molar-refractivity contribution in [3.05, 3.63) is 65.7 Å². The van der Waals surface area contributed by atoms with E-state index in [0.29, 0.717) is 12.0 Å². The van der Waals surface area contributed by atoms with Gasteiger partial charge in [-0.1, -0.05) is 42.5 Å². The molecule has 2 heteroatoms. The summed E-state index contributed by atoms with van der Waals surface area (Å²) in [6.07, 6.45) is 2.31. The van der Waals surface area contributed by atoms with E-state index in [-0.39, 0.29) is 0 Å². The molecular formula is C18H21NO. The second-order valence-corrected chi connectivity index (χ2v) is 5.50. The Hall–Kier alpha value is -1.80. The number of rotatable bonds is 4. The Bertz CT molecular complexity index is 535. The van der Waals surface area contributed by atoms with Gasteiger partial charge in [0.1, 0.15) is 5.75 Å². The zero-order valence-corrected chi connectivity index (χ0v) is 11.9. The van der Waals surface area contributed by atoms with E-state index in [1.165, 1.54) is 17.5 Å². The second kappa shape index (κ2) is 6.10. The number of hydrogen-bond donors (Lipinski definition) is 1. The summed E-state index contributed by atoms with van der Waals surface area (Å²) in [4.78, 5) is 0. The Morgan fingerprint density at radius 2 is 1.80 bits per heavy atom. The fraction of sp³-hybridized carbons (Fsp3) is 0.333. The van der Waals surface area contributed by atoms with Crippen molar-refractivity contribution in [2.45, 2.75) is 24.8 Å². The normalized spacial score (nSPS) is 21.9. The Kier molecular flexibility index (Phi) is 4.03. The minimum Gasteiger partial charge on any atom is -0.497 e. The number of hydrogen-bond acceptors (Lipinski definition) is 2. The van der Waals surface area contributed by atoms with Crippen molar-refractivity contribution in [1.82, 2.24) is 5.32 Å². The van der Waals surface area contributed by atoms with E-state index in [2.05, 4.69) is 47.8 Å². The lowest BCUT2D eigenvalue weighted by molar-refractivity contribution is 0.414. The first kappa shape index (κ1) is 13.2. The molecule has 3 rings (SSSR count). The first-order chi connectivity index (χ1) is 9.85. The summed E-state index contributed by atoms with van der Waals surface area (Å²) in [6.45, 7) is 1.09. The van der Waals surface area contributed by atoms with Crippen LogP contribution in [0.25, 0.3) is 0 Å². The van der Waals surface area contributed by atoms with Crippen LogP contribution in [0.15, 0.2) is 54.6 Å².